The molecule has 5 aromatic carbocycles. The Morgan fingerprint density at radius 2 is 1.38 bits per heavy atom. The number of hydrogen-bond donors (Lipinski definition) is 0. The molecule has 3 heteroatoms. The van der Waals surface area contributed by atoms with Gasteiger partial charge in [0.2, 0.25) is 0 Å². The van der Waals surface area contributed by atoms with E-state index < -0.39 is 0 Å². The van der Waals surface area contributed by atoms with Gasteiger partial charge in [-0.2, -0.15) is 0 Å². The van der Waals surface area contributed by atoms with E-state index in [1.54, 1.807) is 0 Å². The molecule has 0 fully saturated rings. The van der Waals surface area contributed by atoms with Gasteiger partial charge in [0.25, 0.3) is 0 Å². The second-order valence-electron chi connectivity index (χ2n) is 8.87. The summed E-state index contributed by atoms with van der Waals surface area (Å²) in [5.41, 5.74) is 5.79. The van der Waals surface area contributed by atoms with Crippen LogP contribution in [-0.2, 0) is 0 Å². The number of imidazole rings is 1. The van der Waals surface area contributed by atoms with Crippen LogP contribution in [0, 0.1) is 0 Å². The van der Waals surface area contributed by atoms with E-state index in [2.05, 4.69) is 114 Å². The van der Waals surface area contributed by atoms with Crippen LogP contribution in [0.5, 0.6) is 0 Å². The van der Waals surface area contributed by atoms with Gasteiger partial charge in [0.1, 0.15) is 0 Å². The van der Waals surface area contributed by atoms with Crippen LogP contribution in [-0.4, -0.2) is 9.38 Å². The molecule has 0 aliphatic heterocycles. The number of hydrogen-bond acceptors (Lipinski definition) is 2. The fourth-order valence-corrected chi connectivity index (χ4v) is 6.65. The Hall–Kier alpha value is -4.21. The van der Waals surface area contributed by atoms with Crippen molar-refractivity contribution in [3.8, 4) is 11.1 Å². The van der Waals surface area contributed by atoms with E-state index in [-0.39, 0.29) is 0 Å². The topological polar surface area (TPSA) is 17.3 Å². The number of benzene rings is 5. The Kier molecular flexibility index (Phi) is 3.57. The summed E-state index contributed by atoms with van der Waals surface area (Å²) in [7, 11) is 0. The normalized spacial score (nSPS) is 12.1. The van der Waals surface area contributed by atoms with Crippen molar-refractivity contribution >= 4 is 69.7 Å². The number of fused-ring (bicyclic) bond motifs is 9. The molecule has 0 atom stereocenters. The average Bonchev–Trinajstić information content (AvgIpc) is 3.44. The molecule has 0 spiro atoms. The van der Waals surface area contributed by atoms with Crippen molar-refractivity contribution in [3.05, 3.63) is 109 Å². The highest BCUT2D eigenvalue weighted by Gasteiger charge is 2.18. The van der Waals surface area contributed by atoms with Gasteiger partial charge in [-0.1, -0.05) is 78.9 Å². The van der Waals surface area contributed by atoms with Gasteiger partial charge in [0.15, 0.2) is 5.65 Å². The average molecular weight is 451 g/mol. The highest BCUT2D eigenvalue weighted by Crippen LogP contribution is 2.45. The minimum atomic E-state index is 1.03. The van der Waals surface area contributed by atoms with Gasteiger partial charge in [0.05, 0.1) is 15.7 Å². The second-order valence-corrected chi connectivity index (χ2v) is 9.92. The summed E-state index contributed by atoms with van der Waals surface area (Å²) in [4.78, 5) is 5.13. The molecule has 0 aliphatic rings. The van der Waals surface area contributed by atoms with Crippen molar-refractivity contribution in [1.29, 1.82) is 0 Å². The van der Waals surface area contributed by atoms with Gasteiger partial charge in [-0.05, 0) is 56.9 Å². The van der Waals surface area contributed by atoms with E-state index >= 15 is 0 Å². The Morgan fingerprint density at radius 1 is 0.647 bits per heavy atom. The van der Waals surface area contributed by atoms with Crippen molar-refractivity contribution < 1.29 is 0 Å². The molecule has 0 unspecified atom stereocenters. The number of nitrogens with zero attached hydrogens (tertiary/aromatic N) is 2. The van der Waals surface area contributed by atoms with Crippen LogP contribution < -0.4 is 0 Å². The minimum absolute atomic E-state index is 1.03. The SMILES string of the molecule is c1ccc(-c2c3ccccc3cc3sc4c(ccn5c6cc7ccccc7cc6nc45)c23)cc1. The number of rotatable bonds is 1. The van der Waals surface area contributed by atoms with Gasteiger partial charge < -0.3 is 0 Å². The lowest BCUT2D eigenvalue weighted by molar-refractivity contribution is 1.25. The Balaban J connectivity index is 1.56. The van der Waals surface area contributed by atoms with Crippen LogP contribution in [0.2, 0.25) is 0 Å². The van der Waals surface area contributed by atoms with E-state index in [1.807, 2.05) is 11.3 Å². The van der Waals surface area contributed by atoms with E-state index in [1.165, 1.54) is 52.8 Å². The maximum Gasteiger partial charge on any atom is 0.156 e. The second kappa shape index (κ2) is 6.66. The first-order valence-corrected chi connectivity index (χ1v) is 12.3. The lowest BCUT2D eigenvalue weighted by Crippen LogP contribution is -1.85. The summed E-state index contributed by atoms with van der Waals surface area (Å²) in [5.74, 6) is 0. The predicted octanol–water partition coefficient (Wildman–Crippen LogP) is 8.83. The Bertz CT molecular complexity index is 2060. The fourth-order valence-electron chi connectivity index (χ4n) is 5.42. The molecule has 0 bridgehead atoms. The van der Waals surface area contributed by atoms with Gasteiger partial charge in [-0.25, -0.2) is 4.98 Å². The predicted molar refractivity (Wildman–Crippen MR) is 146 cm³/mol. The molecule has 3 aromatic heterocycles. The molecule has 0 radical (unpaired) electrons. The molecule has 34 heavy (non-hydrogen) atoms. The number of thiophene rings is 1. The molecular weight excluding hydrogens is 432 g/mol. The van der Waals surface area contributed by atoms with E-state index in [0.717, 1.165) is 16.7 Å². The fraction of sp³-hybridized carbons (Fsp3) is 0. The van der Waals surface area contributed by atoms with Crippen molar-refractivity contribution in [2.45, 2.75) is 0 Å². The van der Waals surface area contributed by atoms with Gasteiger partial charge in [0, 0.05) is 21.7 Å². The Labute approximate surface area is 199 Å². The molecule has 8 aromatic rings. The summed E-state index contributed by atoms with van der Waals surface area (Å²) in [5, 5.41) is 7.63. The third-order valence-corrected chi connectivity index (χ3v) is 8.10. The van der Waals surface area contributed by atoms with Crippen LogP contribution in [0.15, 0.2) is 109 Å². The first-order chi connectivity index (χ1) is 16.8. The zero-order valence-electron chi connectivity index (χ0n) is 18.2. The third-order valence-electron chi connectivity index (χ3n) is 6.95. The first-order valence-electron chi connectivity index (χ1n) is 11.5. The Morgan fingerprint density at radius 3 is 2.24 bits per heavy atom. The largest absolute Gasteiger partial charge is 0.298 e. The van der Waals surface area contributed by atoms with Gasteiger partial charge in [-0.15, -0.1) is 11.3 Å². The summed E-state index contributed by atoms with van der Waals surface area (Å²) in [6.07, 6.45) is 2.19. The molecule has 0 aliphatic carbocycles. The molecule has 8 rings (SSSR count). The standard InChI is InChI=1S/C31H18N2S/c1-2-8-19(9-3-1)28-23-13-7-6-12-22(23)18-27-29(28)24-14-15-33-26-17-21-11-5-4-10-20(21)16-25(26)32-31(33)30(24)34-27/h1-18H. The highest BCUT2D eigenvalue weighted by atomic mass is 32.1. The molecular formula is C31H18N2S. The molecule has 0 saturated carbocycles. The van der Waals surface area contributed by atoms with Crippen molar-refractivity contribution in [1.82, 2.24) is 9.38 Å². The van der Waals surface area contributed by atoms with Gasteiger partial charge in [-0.3, -0.25) is 4.40 Å². The maximum atomic E-state index is 5.13. The molecule has 0 amide bonds. The van der Waals surface area contributed by atoms with Crippen LogP contribution in [0.1, 0.15) is 0 Å². The first kappa shape index (κ1) is 18.2. The summed E-state index contributed by atoms with van der Waals surface area (Å²) < 4.78 is 4.80. The van der Waals surface area contributed by atoms with Gasteiger partial charge >= 0.3 is 0 Å². The van der Waals surface area contributed by atoms with Crippen molar-refractivity contribution in [2.75, 3.05) is 0 Å². The van der Waals surface area contributed by atoms with Crippen molar-refractivity contribution in [3.63, 3.8) is 0 Å². The monoisotopic (exact) mass is 450 g/mol. The van der Waals surface area contributed by atoms with E-state index in [0.29, 0.717) is 0 Å². The number of aromatic nitrogens is 2. The number of pyridine rings is 1. The van der Waals surface area contributed by atoms with Crippen LogP contribution >= 0.6 is 11.3 Å². The quantitative estimate of drug-likeness (QED) is 0.244. The van der Waals surface area contributed by atoms with Crippen LogP contribution in [0.25, 0.3) is 69.5 Å². The van der Waals surface area contributed by atoms with Crippen LogP contribution in [0.3, 0.4) is 0 Å². The minimum Gasteiger partial charge on any atom is -0.298 e. The maximum absolute atomic E-state index is 5.13. The summed E-state index contributed by atoms with van der Waals surface area (Å²) in [6.45, 7) is 0. The van der Waals surface area contributed by atoms with Crippen molar-refractivity contribution in [2.24, 2.45) is 0 Å². The lowest BCUT2D eigenvalue weighted by atomic mass is 9.93. The molecule has 0 saturated heterocycles. The summed E-state index contributed by atoms with van der Waals surface area (Å²) >= 11 is 1.85. The molecule has 2 nitrogen and oxygen atoms in total. The zero-order chi connectivity index (χ0) is 22.2. The molecule has 158 valence electrons. The van der Waals surface area contributed by atoms with E-state index in [9.17, 15) is 0 Å². The summed E-state index contributed by atoms with van der Waals surface area (Å²) in [6, 6.07) is 37.1. The molecule has 0 N–H and O–H groups in total. The lowest BCUT2D eigenvalue weighted by Gasteiger charge is -2.10. The van der Waals surface area contributed by atoms with Crippen LogP contribution in [0.4, 0.5) is 0 Å². The zero-order valence-corrected chi connectivity index (χ0v) is 19.0. The highest BCUT2D eigenvalue weighted by molar-refractivity contribution is 7.26. The van der Waals surface area contributed by atoms with E-state index in [4.69, 9.17) is 4.98 Å². The third kappa shape index (κ3) is 2.42. The smallest absolute Gasteiger partial charge is 0.156 e. The molecule has 3 heterocycles.